The molecule has 1 aromatic heterocycles. The zero-order valence-electron chi connectivity index (χ0n) is 18.0. The average molecular weight is 467 g/mol. The minimum absolute atomic E-state index is 0.195. The maximum absolute atomic E-state index is 12.7. The Morgan fingerprint density at radius 1 is 1.00 bits per heavy atom. The third kappa shape index (κ3) is 4.21. The third-order valence-electron chi connectivity index (χ3n) is 5.36. The summed E-state index contributed by atoms with van der Waals surface area (Å²) in [6, 6.07) is 20.0. The molecule has 0 saturated heterocycles. The van der Waals surface area contributed by atoms with Crippen LogP contribution in [0.25, 0.3) is 22.0 Å². The van der Waals surface area contributed by atoms with Gasteiger partial charge in [-0.25, -0.2) is 12.7 Å². The molecule has 5 nitrogen and oxygen atoms in total. The van der Waals surface area contributed by atoms with Gasteiger partial charge in [0.1, 0.15) is 11.5 Å². The number of sulfonamides is 1. The molecule has 0 aliphatic rings. The van der Waals surface area contributed by atoms with Crippen LogP contribution >= 0.6 is 11.6 Å². The summed E-state index contributed by atoms with van der Waals surface area (Å²) in [5.41, 5.74) is 3.76. The quantitative estimate of drug-likeness (QED) is 0.334. The van der Waals surface area contributed by atoms with E-state index in [1.54, 1.807) is 38.2 Å². The Morgan fingerprint density at radius 3 is 2.44 bits per heavy atom. The second-order valence-corrected chi connectivity index (χ2v) is 9.93. The van der Waals surface area contributed by atoms with Crippen molar-refractivity contribution in [3.05, 3.63) is 83.5 Å². The summed E-state index contributed by atoms with van der Waals surface area (Å²) in [5, 5.41) is 1.57. The van der Waals surface area contributed by atoms with Gasteiger partial charge in [0.05, 0.1) is 15.4 Å². The molecule has 3 aromatic carbocycles. The van der Waals surface area contributed by atoms with E-state index >= 15 is 0 Å². The molecule has 0 aliphatic carbocycles. The number of para-hydroxylation sites is 1. The summed E-state index contributed by atoms with van der Waals surface area (Å²) in [4.78, 5) is 4.68. The lowest BCUT2D eigenvalue weighted by molar-refractivity contribution is 0.474. The molecule has 0 spiro atoms. The van der Waals surface area contributed by atoms with Gasteiger partial charge in [0.15, 0.2) is 0 Å². The molecule has 4 aromatic rings. The van der Waals surface area contributed by atoms with Crippen molar-refractivity contribution in [1.29, 1.82) is 0 Å². The Kier molecular flexibility index (Phi) is 6.20. The molecule has 1 heterocycles. The summed E-state index contributed by atoms with van der Waals surface area (Å²) in [6.07, 6.45) is 1.82. The highest BCUT2D eigenvalue weighted by Gasteiger charge is 2.20. The molecule has 0 amide bonds. The van der Waals surface area contributed by atoms with Crippen LogP contribution in [0, 0.1) is 6.92 Å². The van der Waals surface area contributed by atoms with E-state index in [2.05, 4.69) is 4.98 Å². The number of halogens is 1. The van der Waals surface area contributed by atoms with Gasteiger partial charge in [-0.05, 0) is 53.9 Å². The molecular formula is C25H23ClN2O3S. The van der Waals surface area contributed by atoms with E-state index in [1.165, 1.54) is 4.31 Å². The number of hydrogen-bond acceptors (Lipinski definition) is 4. The Morgan fingerprint density at radius 2 is 1.69 bits per heavy atom. The van der Waals surface area contributed by atoms with E-state index in [0.717, 1.165) is 27.6 Å². The molecule has 7 heteroatoms. The molecule has 0 aliphatic heterocycles. The minimum atomic E-state index is -3.56. The fourth-order valence-corrected chi connectivity index (χ4v) is 5.01. The SMILES string of the molecule is CCN(C)S(=O)(=O)c1cccc(Oc2cccc(-c3c(C)cnc4c(Cl)cccc34)c2)c1. The Balaban J connectivity index is 1.72. The van der Waals surface area contributed by atoms with E-state index in [-0.39, 0.29) is 4.90 Å². The van der Waals surface area contributed by atoms with E-state index < -0.39 is 10.0 Å². The van der Waals surface area contributed by atoms with Gasteiger partial charge in [0, 0.05) is 31.2 Å². The molecule has 32 heavy (non-hydrogen) atoms. The van der Waals surface area contributed by atoms with Crippen LogP contribution in [0.4, 0.5) is 0 Å². The van der Waals surface area contributed by atoms with Crippen molar-refractivity contribution in [2.45, 2.75) is 18.7 Å². The first-order chi connectivity index (χ1) is 15.3. The van der Waals surface area contributed by atoms with Crippen LogP contribution in [-0.2, 0) is 10.0 Å². The molecule has 4 rings (SSSR count). The van der Waals surface area contributed by atoms with Crippen LogP contribution < -0.4 is 4.74 Å². The van der Waals surface area contributed by atoms with Gasteiger partial charge in [0.25, 0.3) is 0 Å². The molecule has 0 N–H and O–H groups in total. The van der Waals surface area contributed by atoms with Gasteiger partial charge in [0.2, 0.25) is 10.0 Å². The normalized spacial score (nSPS) is 11.8. The highest BCUT2D eigenvalue weighted by molar-refractivity contribution is 7.89. The molecule has 0 radical (unpaired) electrons. The van der Waals surface area contributed by atoms with Crippen LogP contribution in [0.2, 0.25) is 5.02 Å². The van der Waals surface area contributed by atoms with Crippen LogP contribution in [0.15, 0.2) is 77.8 Å². The van der Waals surface area contributed by atoms with Crippen molar-refractivity contribution in [3.8, 4) is 22.6 Å². The van der Waals surface area contributed by atoms with E-state index in [4.69, 9.17) is 16.3 Å². The monoisotopic (exact) mass is 466 g/mol. The number of fused-ring (bicyclic) bond motifs is 1. The van der Waals surface area contributed by atoms with E-state index in [1.807, 2.05) is 55.6 Å². The predicted octanol–water partition coefficient (Wildman–Crippen LogP) is 6.30. The largest absolute Gasteiger partial charge is 0.457 e. The Hall–Kier alpha value is -2.93. The van der Waals surface area contributed by atoms with Crippen LogP contribution in [0.5, 0.6) is 11.5 Å². The Bertz CT molecular complexity index is 1400. The molecule has 164 valence electrons. The van der Waals surface area contributed by atoms with Gasteiger partial charge in [-0.1, -0.05) is 48.9 Å². The maximum atomic E-state index is 12.7. The number of nitrogens with zero attached hydrogens (tertiary/aromatic N) is 2. The lowest BCUT2D eigenvalue weighted by Crippen LogP contribution is -2.26. The second kappa shape index (κ2) is 8.90. The fourth-order valence-electron chi connectivity index (χ4n) is 3.57. The molecular weight excluding hydrogens is 444 g/mol. The number of aryl methyl sites for hydroxylation is 1. The fraction of sp³-hybridized carbons (Fsp3) is 0.160. The number of aromatic nitrogens is 1. The summed E-state index contributed by atoms with van der Waals surface area (Å²) < 4.78 is 32.6. The average Bonchev–Trinajstić information content (AvgIpc) is 2.79. The number of pyridine rings is 1. The summed E-state index contributed by atoms with van der Waals surface area (Å²) in [5.74, 6) is 1.05. The van der Waals surface area contributed by atoms with Crippen molar-refractivity contribution in [3.63, 3.8) is 0 Å². The Labute approximate surface area is 193 Å². The van der Waals surface area contributed by atoms with Crippen molar-refractivity contribution >= 4 is 32.5 Å². The molecule has 0 fully saturated rings. The number of hydrogen-bond donors (Lipinski definition) is 0. The smallest absolute Gasteiger partial charge is 0.242 e. The maximum Gasteiger partial charge on any atom is 0.242 e. The van der Waals surface area contributed by atoms with Crippen molar-refractivity contribution in [2.24, 2.45) is 0 Å². The van der Waals surface area contributed by atoms with Crippen LogP contribution in [-0.4, -0.2) is 31.3 Å². The highest BCUT2D eigenvalue weighted by atomic mass is 35.5. The zero-order chi connectivity index (χ0) is 22.9. The molecule has 0 saturated carbocycles. The first-order valence-electron chi connectivity index (χ1n) is 10.2. The van der Waals surface area contributed by atoms with Crippen molar-refractivity contribution in [2.75, 3.05) is 13.6 Å². The number of benzene rings is 3. The van der Waals surface area contributed by atoms with Crippen molar-refractivity contribution in [1.82, 2.24) is 9.29 Å². The van der Waals surface area contributed by atoms with Crippen molar-refractivity contribution < 1.29 is 13.2 Å². The third-order valence-corrected chi connectivity index (χ3v) is 7.59. The standard InChI is InChI=1S/C25H23ClN2O3S/c1-4-28(3)32(29,30)21-11-6-10-20(15-21)31-19-9-5-8-18(14-19)24-17(2)16-27-25-22(24)12-7-13-23(25)26/h5-16H,4H2,1-3H3. The van der Waals surface area contributed by atoms with Gasteiger partial charge in [-0.3, -0.25) is 4.98 Å². The number of ether oxygens (including phenoxy) is 1. The molecule has 0 unspecified atom stereocenters. The summed E-state index contributed by atoms with van der Waals surface area (Å²) in [6.45, 7) is 4.19. The topological polar surface area (TPSA) is 59.5 Å². The second-order valence-electron chi connectivity index (χ2n) is 7.48. The van der Waals surface area contributed by atoms with Gasteiger partial charge >= 0.3 is 0 Å². The first-order valence-corrected chi connectivity index (χ1v) is 12.0. The van der Waals surface area contributed by atoms with Gasteiger partial charge in [-0.15, -0.1) is 0 Å². The van der Waals surface area contributed by atoms with Gasteiger partial charge < -0.3 is 4.74 Å². The first kappa shape index (κ1) is 22.3. The lowest BCUT2D eigenvalue weighted by Gasteiger charge is -2.16. The minimum Gasteiger partial charge on any atom is -0.457 e. The van der Waals surface area contributed by atoms with Crippen LogP contribution in [0.1, 0.15) is 12.5 Å². The summed E-state index contributed by atoms with van der Waals surface area (Å²) >= 11 is 6.35. The van der Waals surface area contributed by atoms with E-state index in [9.17, 15) is 8.42 Å². The van der Waals surface area contributed by atoms with Crippen LogP contribution in [0.3, 0.4) is 0 Å². The molecule has 0 bridgehead atoms. The highest BCUT2D eigenvalue weighted by Crippen LogP contribution is 2.36. The van der Waals surface area contributed by atoms with Gasteiger partial charge in [-0.2, -0.15) is 0 Å². The predicted molar refractivity (Wildman–Crippen MR) is 129 cm³/mol. The zero-order valence-corrected chi connectivity index (χ0v) is 19.6. The molecule has 0 atom stereocenters. The summed E-state index contributed by atoms with van der Waals surface area (Å²) in [7, 11) is -2.00. The number of rotatable bonds is 6. The van der Waals surface area contributed by atoms with E-state index in [0.29, 0.717) is 23.1 Å². The lowest BCUT2D eigenvalue weighted by atomic mass is 9.97.